The smallest absolute Gasteiger partial charge is 0.408 e. The summed E-state index contributed by atoms with van der Waals surface area (Å²) in [6, 6.07) is 13.4. The Hall–Kier alpha value is -3.88. The predicted octanol–water partition coefficient (Wildman–Crippen LogP) is 3.22. The normalized spacial score (nSPS) is 13.7. The van der Waals surface area contributed by atoms with Gasteiger partial charge >= 0.3 is 18.0 Å². The second-order valence-corrected chi connectivity index (χ2v) is 8.25. The molecule has 0 heterocycles. The van der Waals surface area contributed by atoms with E-state index in [-0.39, 0.29) is 25.6 Å². The first-order chi connectivity index (χ1) is 16.8. The summed E-state index contributed by atoms with van der Waals surface area (Å²) in [6.07, 6.45) is -0.230. The van der Waals surface area contributed by atoms with E-state index >= 15 is 0 Å². The monoisotopic (exact) mass is 482 g/mol. The molecule has 0 spiro atoms. The van der Waals surface area contributed by atoms with Gasteiger partial charge in [-0.15, -0.1) is 0 Å². The molecule has 0 fully saturated rings. The highest BCUT2D eigenvalue weighted by atomic mass is 16.6. The van der Waals surface area contributed by atoms with Crippen LogP contribution in [0.4, 0.5) is 4.79 Å². The number of esters is 1. The Morgan fingerprint density at radius 2 is 1.51 bits per heavy atom. The SMILES string of the molecule is CCC[C@@H](CC(=O)O)NC(=O)C(NC(=O)OCC1c2ccccc2-c2ccccc21)C(=O)OCC. The number of alkyl carbamates (subject to hydrolysis) is 1. The van der Waals surface area contributed by atoms with Crippen LogP contribution in [-0.4, -0.2) is 54.3 Å². The van der Waals surface area contributed by atoms with E-state index in [2.05, 4.69) is 10.6 Å². The molecule has 1 aliphatic carbocycles. The largest absolute Gasteiger partial charge is 0.481 e. The predicted molar refractivity (Wildman–Crippen MR) is 128 cm³/mol. The third-order valence-corrected chi connectivity index (χ3v) is 5.79. The van der Waals surface area contributed by atoms with Gasteiger partial charge in [0, 0.05) is 12.0 Å². The summed E-state index contributed by atoms with van der Waals surface area (Å²) in [7, 11) is 0. The maximum atomic E-state index is 12.8. The molecule has 2 aromatic rings. The van der Waals surface area contributed by atoms with E-state index in [9.17, 15) is 19.2 Å². The molecule has 0 saturated heterocycles. The van der Waals surface area contributed by atoms with E-state index in [4.69, 9.17) is 14.6 Å². The number of hydrogen-bond donors (Lipinski definition) is 3. The van der Waals surface area contributed by atoms with Crippen molar-refractivity contribution in [2.24, 2.45) is 0 Å². The Bertz CT molecular complexity index is 1040. The van der Waals surface area contributed by atoms with Crippen molar-refractivity contribution in [2.75, 3.05) is 13.2 Å². The molecular weight excluding hydrogens is 452 g/mol. The number of benzene rings is 2. The second kappa shape index (κ2) is 12.0. The molecule has 0 aliphatic heterocycles. The van der Waals surface area contributed by atoms with E-state index in [1.165, 1.54) is 0 Å². The highest BCUT2D eigenvalue weighted by molar-refractivity contribution is 6.04. The minimum absolute atomic E-state index is 0.00248. The second-order valence-electron chi connectivity index (χ2n) is 8.25. The molecule has 9 nitrogen and oxygen atoms in total. The van der Waals surface area contributed by atoms with Crippen LogP contribution in [-0.2, 0) is 23.9 Å². The van der Waals surface area contributed by atoms with Gasteiger partial charge in [-0.3, -0.25) is 14.9 Å². The quantitative estimate of drug-likeness (QED) is 0.331. The first-order valence-electron chi connectivity index (χ1n) is 11.7. The molecule has 0 radical (unpaired) electrons. The van der Waals surface area contributed by atoms with Crippen LogP contribution in [0.2, 0.25) is 0 Å². The first-order valence-corrected chi connectivity index (χ1v) is 11.7. The standard InChI is InChI=1S/C26H30N2O7/c1-3-9-16(14-22(29)30)27-24(31)23(25(32)34-4-2)28-26(33)35-15-21-19-12-7-5-10-17(19)18-11-6-8-13-20(18)21/h5-8,10-13,16,21,23H,3-4,9,14-15H2,1-2H3,(H,27,31)(H,28,33)(H,29,30)/t16-,23?/m0/s1. The highest BCUT2D eigenvalue weighted by Crippen LogP contribution is 2.44. The number of amides is 2. The molecule has 35 heavy (non-hydrogen) atoms. The number of carbonyl (C=O) groups excluding carboxylic acids is 3. The van der Waals surface area contributed by atoms with Crippen LogP contribution in [0.25, 0.3) is 11.1 Å². The summed E-state index contributed by atoms with van der Waals surface area (Å²) in [5.74, 6) is -3.07. The van der Waals surface area contributed by atoms with Crippen molar-refractivity contribution in [1.29, 1.82) is 0 Å². The van der Waals surface area contributed by atoms with Crippen molar-refractivity contribution < 1.29 is 33.8 Å². The van der Waals surface area contributed by atoms with E-state index < -0.39 is 36.0 Å². The van der Waals surface area contributed by atoms with Crippen LogP contribution in [0.15, 0.2) is 48.5 Å². The average molecular weight is 483 g/mol. The molecule has 3 rings (SSSR count). The van der Waals surface area contributed by atoms with Gasteiger partial charge in [0.05, 0.1) is 13.0 Å². The molecule has 186 valence electrons. The minimum atomic E-state index is -1.67. The summed E-state index contributed by atoms with van der Waals surface area (Å²) < 4.78 is 10.4. The Kier molecular flexibility index (Phi) is 8.83. The number of hydrogen-bond acceptors (Lipinski definition) is 6. The molecule has 0 aromatic heterocycles. The van der Waals surface area contributed by atoms with Crippen LogP contribution >= 0.6 is 0 Å². The molecule has 3 N–H and O–H groups in total. The zero-order valence-electron chi connectivity index (χ0n) is 19.8. The van der Waals surface area contributed by atoms with Gasteiger partial charge in [-0.1, -0.05) is 61.9 Å². The highest BCUT2D eigenvalue weighted by Gasteiger charge is 2.33. The van der Waals surface area contributed by atoms with Gasteiger partial charge in [0.2, 0.25) is 6.04 Å². The van der Waals surface area contributed by atoms with Gasteiger partial charge in [-0.2, -0.15) is 0 Å². The van der Waals surface area contributed by atoms with Crippen molar-refractivity contribution in [1.82, 2.24) is 10.6 Å². The van der Waals surface area contributed by atoms with Crippen molar-refractivity contribution in [3.8, 4) is 11.1 Å². The molecule has 2 aromatic carbocycles. The van der Waals surface area contributed by atoms with Crippen molar-refractivity contribution >= 4 is 23.9 Å². The van der Waals surface area contributed by atoms with Gasteiger partial charge in [-0.05, 0) is 35.6 Å². The maximum absolute atomic E-state index is 12.8. The third kappa shape index (κ3) is 6.38. The zero-order chi connectivity index (χ0) is 25.4. The molecule has 1 unspecified atom stereocenters. The molecule has 2 amide bonds. The van der Waals surface area contributed by atoms with Crippen molar-refractivity contribution in [3.63, 3.8) is 0 Å². The Balaban J connectivity index is 1.69. The van der Waals surface area contributed by atoms with Crippen LogP contribution in [0.3, 0.4) is 0 Å². The fourth-order valence-corrected chi connectivity index (χ4v) is 4.28. The summed E-state index contributed by atoms with van der Waals surface area (Å²) in [5.41, 5.74) is 4.19. The summed E-state index contributed by atoms with van der Waals surface area (Å²) in [6.45, 7) is 3.43. The van der Waals surface area contributed by atoms with Gasteiger partial charge in [-0.25, -0.2) is 9.59 Å². The first kappa shape index (κ1) is 25.7. The van der Waals surface area contributed by atoms with Gasteiger partial charge in [0.1, 0.15) is 6.61 Å². The number of fused-ring (bicyclic) bond motifs is 3. The fourth-order valence-electron chi connectivity index (χ4n) is 4.28. The fraction of sp³-hybridized carbons (Fsp3) is 0.385. The van der Waals surface area contributed by atoms with Gasteiger partial charge < -0.3 is 19.9 Å². The van der Waals surface area contributed by atoms with Crippen LogP contribution in [0.1, 0.15) is 50.2 Å². The molecule has 1 aliphatic rings. The third-order valence-electron chi connectivity index (χ3n) is 5.79. The summed E-state index contributed by atoms with van der Waals surface area (Å²) >= 11 is 0. The lowest BCUT2D eigenvalue weighted by Crippen LogP contribution is -2.54. The van der Waals surface area contributed by atoms with Crippen LogP contribution in [0, 0.1) is 0 Å². The van der Waals surface area contributed by atoms with Crippen molar-refractivity contribution in [3.05, 3.63) is 59.7 Å². The summed E-state index contributed by atoms with van der Waals surface area (Å²) in [5, 5.41) is 13.9. The summed E-state index contributed by atoms with van der Waals surface area (Å²) in [4.78, 5) is 48.9. The molecular formula is C26H30N2O7. The maximum Gasteiger partial charge on any atom is 0.408 e. The van der Waals surface area contributed by atoms with Gasteiger partial charge in [0.25, 0.3) is 5.91 Å². The van der Waals surface area contributed by atoms with E-state index in [1.54, 1.807) is 6.92 Å². The van der Waals surface area contributed by atoms with Gasteiger partial charge in [0.15, 0.2) is 0 Å². The Morgan fingerprint density at radius 1 is 0.914 bits per heavy atom. The Labute approximate surface area is 203 Å². The number of rotatable bonds is 11. The van der Waals surface area contributed by atoms with Crippen LogP contribution in [0.5, 0.6) is 0 Å². The van der Waals surface area contributed by atoms with Crippen LogP contribution < -0.4 is 10.6 Å². The number of nitrogens with one attached hydrogen (secondary N) is 2. The molecule has 0 saturated carbocycles. The average Bonchev–Trinajstić information content (AvgIpc) is 3.14. The zero-order valence-corrected chi connectivity index (χ0v) is 19.8. The number of ether oxygens (including phenoxy) is 2. The van der Waals surface area contributed by atoms with Crippen molar-refractivity contribution in [2.45, 2.75) is 51.1 Å². The number of carboxylic acids is 1. The molecule has 0 bridgehead atoms. The van der Waals surface area contributed by atoms with E-state index in [0.717, 1.165) is 22.3 Å². The lowest BCUT2D eigenvalue weighted by atomic mass is 9.98. The lowest BCUT2D eigenvalue weighted by Gasteiger charge is -2.22. The van der Waals surface area contributed by atoms with E-state index in [1.807, 2.05) is 55.5 Å². The topological polar surface area (TPSA) is 131 Å². The number of carbonyl (C=O) groups is 4. The molecule has 9 heteroatoms. The molecule has 2 atom stereocenters. The Morgan fingerprint density at radius 3 is 2.06 bits per heavy atom. The number of carboxylic acid groups (broad SMARTS) is 1. The number of aliphatic carboxylic acids is 1. The minimum Gasteiger partial charge on any atom is -0.481 e. The van der Waals surface area contributed by atoms with E-state index in [0.29, 0.717) is 12.8 Å². The lowest BCUT2D eigenvalue weighted by molar-refractivity contribution is -0.149.